The maximum atomic E-state index is 11.8. The number of amides is 1. The second-order valence-electron chi connectivity index (χ2n) is 4.38. The summed E-state index contributed by atoms with van der Waals surface area (Å²) in [6, 6.07) is 0. The highest BCUT2D eigenvalue weighted by Gasteiger charge is 2.28. The first kappa shape index (κ1) is 14.5. The Morgan fingerprint density at radius 1 is 1.40 bits per heavy atom. The fraction of sp³-hybridized carbons (Fsp3) is 0.615. The molecule has 2 heterocycles. The van der Waals surface area contributed by atoms with Crippen molar-refractivity contribution in [3.8, 4) is 11.8 Å². The first-order valence-corrected chi connectivity index (χ1v) is 6.61. The van der Waals surface area contributed by atoms with Crippen LogP contribution in [0.5, 0.6) is 11.8 Å². The number of methoxy groups -OCH3 is 1. The van der Waals surface area contributed by atoms with Gasteiger partial charge in [-0.25, -0.2) is 9.97 Å². The molecular weight excluding hydrogens is 262 g/mol. The lowest BCUT2D eigenvalue weighted by molar-refractivity contribution is -0.135. The van der Waals surface area contributed by atoms with Crippen molar-refractivity contribution in [1.82, 2.24) is 14.9 Å². The summed E-state index contributed by atoms with van der Waals surface area (Å²) in [6.45, 7) is 3.72. The normalized spacial score (nSPS) is 18.1. The fourth-order valence-electron chi connectivity index (χ4n) is 2.02. The summed E-state index contributed by atoms with van der Waals surface area (Å²) in [5, 5.41) is 0. The molecule has 0 aliphatic carbocycles. The minimum Gasteiger partial charge on any atom is -0.477 e. The SMILES string of the molecule is CCOCC(=O)N1CC[C@H](Oc2nccnc2OC)C1. The Balaban J connectivity index is 1.88. The molecule has 0 bridgehead atoms. The molecule has 0 N–H and O–H groups in total. The van der Waals surface area contributed by atoms with Gasteiger partial charge in [-0.3, -0.25) is 4.79 Å². The number of nitrogens with zero attached hydrogens (tertiary/aromatic N) is 3. The van der Waals surface area contributed by atoms with E-state index in [-0.39, 0.29) is 18.6 Å². The van der Waals surface area contributed by atoms with Crippen LogP contribution in [0.1, 0.15) is 13.3 Å². The molecule has 1 aliphatic rings. The average molecular weight is 281 g/mol. The molecule has 0 aromatic carbocycles. The summed E-state index contributed by atoms with van der Waals surface area (Å²) in [4.78, 5) is 21.7. The lowest BCUT2D eigenvalue weighted by atomic mass is 10.3. The van der Waals surface area contributed by atoms with E-state index in [9.17, 15) is 4.79 Å². The van der Waals surface area contributed by atoms with E-state index >= 15 is 0 Å². The number of rotatable bonds is 6. The summed E-state index contributed by atoms with van der Waals surface area (Å²) in [5.74, 6) is 0.703. The van der Waals surface area contributed by atoms with Crippen LogP contribution in [0.25, 0.3) is 0 Å². The van der Waals surface area contributed by atoms with E-state index in [2.05, 4.69) is 9.97 Å². The van der Waals surface area contributed by atoms with Gasteiger partial charge in [0, 0.05) is 32.0 Å². The van der Waals surface area contributed by atoms with Gasteiger partial charge in [0.2, 0.25) is 5.91 Å². The molecule has 1 aromatic heterocycles. The van der Waals surface area contributed by atoms with Crippen molar-refractivity contribution in [2.75, 3.05) is 33.4 Å². The van der Waals surface area contributed by atoms with Gasteiger partial charge in [0.15, 0.2) is 0 Å². The van der Waals surface area contributed by atoms with Gasteiger partial charge in [-0.15, -0.1) is 0 Å². The van der Waals surface area contributed by atoms with Gasteiger partial charge in [0.05, 0.1) is 13.7 Å². The van der Waals surface area contributed by atoms with Gasteiger partial charge in [-0.05, 0) is 6.92 Å². The molecule has 7 nitrogen and oxygen atoms in total. The summed E-state index contributed by atoms with van der Waals surface area (Å²) in [5.41, 5.74) is 0. The zero-order valence-electron chi connectivity index (χ0n) is 11.7. The van der Waals surface area contributed by atoms with Crippen LogP contribution in [0.4, 0.5) is 0 Å². The molecule has 1 atom stereocenters. The van der Waals surface area contributed by atoms with Crippen LogP contribution in [0.2, 0.25) is 0 Å². The van der Waals surface area contributed by atoms with Gasteiger partial charge in [-0.2, -0.15) is 0 Å². The fourth-order valence-corrected chi connectivity index (χ4v) is 2.02. The van der Waals surface area contributed by atoms with Crippen molar-refractivity contribution in [3.05, 3.63) is 12.4 Å². The van der Waals surface area contributed by atoms with Crippen LogP contribution in [-0.2, 0) is 9.53 Å². The van der Waals surface area contributed by atoms with Crippen LogP contribution in [0.15, 0.2) is 12.4 Å². The Morgan fingerprint density at radius 2 is 2.15 bits per heavy atom. The highest BCUT2D eigenvalue weighted by molar-refractivity contribution is 5.77. The van der Waals surface area contributed by atoms with Crippen LogP contribution < -0.4 is 9.47 Å². The molecule has 0 radical (unpaired) electrons. The van der Waals surface area contributed by atoms with E-state index in [4.69, 9.17) is 14.2 Å². The number of hydrogen-bond donors (Lipinski definition) is 0. The van der Waals surface area contributed by atoms with Crippen molar-refractivity contribution in [3.63, 3.8) is 0 Å². The van der Waals surface area contributed by atoms with Gasteiger partial charge >= 0.3 is 0 Å². The number of hydrogen-bond acceptors (Lipinski definition) is 6. The van der Waals surface area contributed by atoms with Crippen molar-refractivity contribution in [2.24, 2.45) is 0 Å². The summed E-state index contributed by atoms with van der Waals surface area (Å²) < 4.78 is 16.0. The predicted octanol–water partition coefficient (Wildman–Crippen LogP) is 0.501. The number of carbonyl (C=O) groups excluding carboxylic acids is 1. The van der Waals surface area contributed by atoms with E-state index in [1.807, 2.05) is 6.92 Å². The molecule has 7 heteroatoms. The van der Waals surface area contributed by atoms with Gasteiger partial charge < -0.3 is 19.1 Å². The third kappa shape index (κ3) is 3.57. The lowest BCUT2D eigenvalue weighted by Crippen LogP contribution is -2.33. The molecule has 0 spiro atoms. The Labute approximate surface area is 117 Å². The zero-order valence-corrected chi connectivity index (χ0v) is 11.7. The molecule has 2 rings (SSSR count). The zero-order chi connectivity index (χ0) is 14.4. The molecule has 1 amide bonds. The molecule has 1 aromatic rings. The second-order valence-corrected chi connectivity index (χ2v) is 4.38. The minimum atomic E-state index is -0.0915. The molecule has 0 unspecified atom stereocenters. The van der Waals surface area contributed by atoms with E-state index in [1.54, 1.807) is 11.1 Å². The number of carbonyl (C=O) groups is 1. The molecule has 1 fully saturated rings. The molecule has 1 saturated heterocycles. The van der Waals surface area contributed by atoms with E-state index in [0.717, 1.165) is 6.42 Å². The maximum absolute atomic E-state index is 11.8. The van der Waals surface area contributed by atoms with Gasteiger partial charge in [0.1, 0.15) is 12.7 Å². The Morgan fingerprint density at radius 3 is 2.85 bits per heavy atom. The lowest BCUT2D eigenvalue weighted by Gasteiger charge is -2.17. The Bertz CT molecular complexity index is 455. The largest absolute Gasteiger partial charge is 0.477 e. The summed E-state index contributed by atoms with van der Waals surface area (Å²) >= 11 is 0. The summed E-state index contributed by atoms with van der Waals surface area (Å²) in [6.07, 6.45) is 3.76. The standard InChI is InChI=1S/C13H19N3O4/c1-3-19-9-11(17)16-7-4-10(8-16)20-13-12(18-2)14-5-6-15-13/h5-6,10H,3-4,7-9H2,1-2H3/t10-/m0/s1. The maximum Gasteiger partial charge on any atom is 0.278 e. The highest BCUT2D eigenvalue weighted by Crippen LogP contribution is 2.23. The molecule has 1 aliphatic heterocycles. The minimum absolute atomic E-state index is 0.0101. The predicted molar refractivity (Wildman–Crippen MR) is 70.7 cm³/mol. The molecular formula is C13H19N3O4. The topological polar surface area (TPSA) is 73.8 Å². The van der Waals surface area contributed by atoms with Crippen LogP contribution in [0.3, 0.4) is 0 Å². The van der Waals surface area contributed by atoms with Gasteiger partial charge in [-0.1, -0.05) is 0 Å². The van der Waals surface area contributed by atoms with E-state index in [0.29, 0.717) is 31.5 Å². The molecule has 0 saturated carbocycles. The number of ether oxygens (including phenoxy) is 3. The first-order chi connectivity index (χ1) is 9.74. The third-order valence-electron chi connectivity index (χ3n) is 3.03. The quantitative estimate of drug-likeness (QED) is 0.756. The Kier molecular flexibility index (Phi) is 5.11. The van der Waals surface area contributed by atoms with Gasteiger partial charge in [0.25, 0.3) is 11.8 Å². The van der Waals surface area contributed by atoms with Crippen molar-refractivity contribution in [2.45, 2.75) is 19.4 Å². The number of aromatic nitrogens is 2. The molecule has 110 valence electrons. The van der Waals surface area contributed by atoms with Crippen LogP contribution >= 0.6 is 0 Å². The molecule has 20 heavy (non-hydrogen) atoms. The first-order valence-electron chi connectivity index (χ1n) is 6.61. The van der Waals surface area contributed by atoms with Crippen LogP contribution in [0, 0.1) is 0 Å². The third-order valence-corrected chi connectivity index (χ3v) is 3.03. The monoisotopic (exact) mass is 281 g/mol. The van der Waals surface area contributed by atoms with Crippen molar-refractivity contribution in [1.29, 1.82) is 0 Å². The summed E-state index contributed by atoms with van der Waals surface area (Å²) in [7, 11) is 1.52. The highest BCUT2D eigenvalue weighted by atomic mass is 16.5. The van der Waals surface area contributed by atoms with Crippen LogP contribution in [-0.4, -0.2) is 60.3 Å². The average Bonchev–Trinajstić information content (AvgIpc) is 2.94. The Hall–Kier alpha value is -1.89. The number of likely N-dealkylation sites (tertiary alicyclic amines) is 1. The van der Waals surface area contributed by atoms with E-state index < -0.39 is 0 Å². The second kappa shape index (κ2) is 7.04. The van der Waals surface area contributed by atoms with E-state index in [1.165, 1.54) is 13.3 Å². The smallest absolute Gasteiger partial charge is 0.278 e. The van der Waals surface area contributed by atoms with Crippen molar-refractivity contribution >= 4 is 5.91 Å². The van der Waals surface area contributed by atoms with Crippen molar-refractivity contribution < 1.29 is 19.0 Å².